The minimum Gasteiger partial charge on any atom is -0.372 e. The Labute approximate surface area is 104 Å². The van der Waals surface area contributed by atoms with Crippen LogP contribution in [0, 0.1) is 0 Å². The Morgan fingerprint density at radius 2 is 1.81 bits per heavy atom. The first-order valence-corrected chi connectivity index (χ1v) is 10.5. The summed E-state index contributed by atoms with van der Waals surface area (Å²) in [6.45, 7) is 12.4. The molecule has 1 fully saturated rings. The van der Waals surface area contributed by atoms with Crippen molar-refractivity contribution in [2.45, 2.75) is 45.7 Å². The summed E-state index contributed by atoms with van der Waals surface area (Å²) in [6.07, 6.45) is 0.334. The Morgan fingerprint density at radius 1 is 1.31 bits per heavy atom. The summed E-state index contributed by atoms with van der Waals surface area (Å²) >= 11 is 1.49. The molecule has 0 aromatic heterocycles. The number of amides is 1. The van der Waals surface area contributed by atoms with E-state index >= 15 is 0 Å². The van der Waals surface area contributed by atoms with Gasteiger partial charge in [-0.2, -0.15) is 0 Å². The van der Waals surface area contributed by atoms with Crippen molar-refractivity contribution < 1.29 is 9.53 Å². The molecule has 2 atom stereocenters. The number of thioether (sulfide) groups is 1. The summed E-state index contributed by atoms with van der Waals surface area (Å²) in [7, 11) is -1.13. The largest absolute Gasteiger partial charge is 0.372 e. The highest BCUT2D eigenvalue weighted by molar-refractivity contribution is 8.14. The average molecular weight is 261 g/mol. The second-order valence-corrected chi connectivity index (χ2v) is 12.7. The van der Waals surface area contributed by atoms with E-state index in [1.807, 2.05) is 18.7 Å². The Kier molecular flexibility index (Phi) is 4.88. The third-order valence-corrected chi connectivity index (χ3v) is 6.85. The smallest absolute Gasteiger partial charge is 0.281 e. The van der Waals surface area contributed by atoms with Crippen molar-refractivity contribution in [3.8, 4) is 0 Å². The number of ether oxygens (including phenoxy) is 1. The number of hydrogen-bond donors (Lipinski definition) is 0. The molecule has 0 saturated carbocycles. The molecule has 1 amide bonds. The molecule has 94 valence electrons. The second-order valence-electron chi connectivity index (χ2n) is 5.78. The molecule has 16 heavy (non-hydrogen) atoms. The predicted octanol–water partition coefficient (Wildman–Crippen LogP) is 2.83. The minimum absolute atomic E-state index is 0.167. The Balaban J connectivity index is 2.41. The topological polar surface area (TPSA) is 29.5 Å². The fraction of sp³-hybridized carbons (Fsp3) is 0.909. The molecule has 1 saturated heterocycles. The molecule has 3 nitrogen and oxygen atoms in total. The van der Waals surface area contributed by atoms with Gasteiger partial charge in [-0.25, -0.2) is 0 Å². The van der Waals surface area contributed by atoms with Gasteiger partial charge in [0, 0.05) is 13.1 Å². The van der Waals surface area contributed by atoms with E-state index in [1.165, 1.54) is 11.8 Å². The SMILES string of the molecule is CC1CN(C(=O)SC[Si](C)(C)C)CC(C)O1. The second kappa shape index (κ2) is 5.56. The van der Waals surface area contributed by atoms with Gasteiger partial charge >= 0.3 is 0 Å². The van der Waals surface area contributed by atoms with Gasteiger partial charge in [0.1, 0.15) is 0 Å². The van der Waals surface area contributed by atoms with Crippen molar-refractivity contribution in [3.05, 3.63) is 0 Å². The van der Waals surface area contributed by atoms with Gasteiger partial charge in [-0.3, -0.25) is 4.79 Å². The molecule has 1 heterocycles. The molecule has 1 aliphatic rings. The third-order valence-electron chi connectivity index (χ3n) is 2.31. The maximum Gasteiger partial charge on any atom is 0.281 e. The van der Waals surface area contributed by atoms with Gasteiger partial charge in [-0.1, -0.05) is 31.4 Å². The van der Waals surface area contributed by atoms with E-state index in [1.54, 1.807) is 0 Å². The molecular formula is C11H23NO2SSi. The van der Waals surface area contributed by atoms with Gasteiger partial charge in [0.05, 0.1) is 20.3 Å². The summed E-state index contributed by atoms with van der Waals surface area (Å²) in [5.74, 6) is 0. The number of rotatable bonds is 2. The predicted molar refractivity (Wildman–Crippen MR) is 72.8 cm³/mol. The molecule has 1 rings (SSSR count). The molecule has 0 radical (unpaired) electrons. The zero-order chi connectivity index (χ0) is 12.3. The lowest BCUT2D eigenvalue weighted by Gasteiger charge is -2.35. The van der Waals surface area contributed by atoms with Crippen LogP contribution in [-0.4, -0.2) is 48.9 Å². The number of hydrogen-bond acceptors (Lipinski definition) is 3. The maximum absolute atomic E-state index is 12.0. The van der Waals surface area contributed by atoms with E-state index in [0.29, 0.717) is 0 Å². The van der Waals surface area contributed by atoms with Crippen LogP contribution in [0.1, 0.15) is 13.8 Å². The van der Waals surface area contributed by atoms with E-state index in [2.05, 4.69) is 19.6 Å². The van der Waals surface area contributed by atoms with Crippen LogP contribution >= 0.6 is 11.8 Å². The van der Waals surface area contributed by atoms with Crippen molar-refractivity contribution in [1.29, 1.82) is 0 Å². The molecule has 1 aliphatic heterocycles. The van der Waals surface area contributed by atoms with Crippen LogP contribution in [0.25, 0.3) is 0 Å². The summed E-state index contributed by atoms with van der Waals surface area (Å²) in [6, 6.07) is 0. The van der Waals surface area contributed by atoms with Crippen LogP contribution in [0.2, 0.25) is 19.6 Å². The van der Waals surface area contributed by atoms with Gasteiger partial charge in [0.2, 0.25) is 0 Å². The van der Waals surface area contributed by atoms with Gasteiger partial charge in [-0.05, 0) is 19.2 Å². The normalized spacial score (nSPS) is 26.9. The summed E-state index contributed by atoms with van der Waals surface area (Å²) < 4.78 is 5.62. The highest BCUT2D eigenvalue weighted by Gasteiger charge is 2.27. The Bertz CT molecular complexity index is 245. The van der Waals surface area contributed by atoms with Crippen molar-refractivity contribution in [2.24, 2.45) is 0 Å². The van der Waals surface area contributed by atoms with E-state index in [-0.39, 0.29) is 17.4 Å². The van der Waals surface area contributed by atoms with Crippen LogP contribution in [0.5, 0.6) is 0 Å². The number of morpholine rings is 1. The highest BCUT2D eigenvalue weighted by atomic mass is 32.2. The fourth-order valence-electron chi connectivity index (χ4n) is 1.70. The first-order valence-electron chi connectivity index (χ1n) is 5.85. The first-order chi connectivity index (χ1) is 7.28. The van der Waals surface area contributed by atoms with E-state index < -0.39 is 8.07 Å². The lowest BCUT2D eigenvalue weighted by atomic mass is 10.2. The molecule has 0 bridgehead atoms. The Hall–Kier alpha value is -0.00312. The van der Waals surface area contributed by atoms with Crippen molar-refractivity contribution in [3.63, 3.8) is 0 Å². The van der Waals surface area contributed by atoms with Gasteiger partial charge in [-0.15, -0.1) is 0 Å². The van der Waals surface area contributed by atoms with Crippen LogP contribution in [0.3, 0.4) is 0 Å². The standard InChI is InChI=1S/C11H23NO2SSi/c1-9-6-12(7-10(2)14-9)11(13)15-8-16(3,4)5/h9-10H,6-8H2,1-5H3. The lowest BCUT2D eigenvalue weighted by Crippen LogP contribution is -2.47. The van der Waals surface area contributed by atoms with Crippen molar-refractivity contribution in [1.82, 2.24) is 4.90 Å². The lowest BCUT2D eigenvalue weighted by molar-refractivity contribution is -0.0515. The quantitative estimate of drug-likeness (QED) is 0.716. The zero-order valence-electron chi connectivity index (χ0n) is 10.9. The third kappa shape index (κ3) is 4.89. The number of carbonyl (C=O) groups excluding carboxylic acids is 1. The Morgan fingerprint density at radius 3 is 2.25 bits per heavy atom. The summed E-state index contributed by atoms with van der Waals surface area (Å²) in [4.78, 5) is 13.9. The fourth-order valence-corrected chi connectivity index (χ4v) is 4.25. The zero-order valence-corrected chi connectivity index (χ0v) is 12.8. The van der Waals surface area contributed by atoms with Crippen molar-refractivity contribution >= 4 is 25.1 Å². The van der Waals surface area contributed by atoms with E-state index in [4.69, 9.17) is 4.74 Å². The molecular weight excluding hydrogens is 238 g/mol. The average Bonchev–Trinajstić information content (AvgIpc) is 2.11. The molecule has 5 heteroatoms. The number of nitrogens with zero attached hydrogens (tertiary/aromatic N) is 1. The van der Waals surface area contributed by atoms with Crippen LogP contribution in [0.4, 0.5) is 4.79 Å². The summed E-state index contributed by atoms with van der Waals surface area (Å²) in [5, 5.41) is 1.23. The molecule has 2 unspecified atom stereocenters. The van der Waals surface area contributed by atoms with Crippen LogP contribution in [0.15, 0.2) is 0 Å². The first kappa shape index (κ1) is 14.1. The van der Waals surface area contributed by atoms with Gasteiger partial charge in [0.15, 0.2) is 0 Å². The van der Waals surface area contributed by atoms with Crippen LogP contribution in [-0.2, 0) is 4.74 Å². The number of carbonyl (C=O) groups is 1. The molecule has 0 aliphatic carbocycles. The highest BCUT2D eigenvalue weighted by Crippen LogP contribution is 2.19. The van der Waals surface area contributed by atoms with E-state index in [0.717, 1.165) is 18.5 Å². The molecule has 0 spiro atoms. The molecule has 0 aromatic rings. The minimum atomic E-state index is -1.13. The van der Waals surface area contributed by atoms with E-state index in [9.17, 15) is 4.79 Å². The van der Waals surface area contributed by atoms with Crippen molar-refractivity contribution in [2.75, 3.05) is 18.5 Å². The summed E-state index contributed by atoms with van der Waals surface area (Å²) in [5.41, 5.74) is 0. The van der Waals surface area contributed by atoms with Gasteiger partial charge in [0.25, 0.3) is 5.24 Å². The van der Waals surface area contributed by atoms with Gasteiger partial charge < -0.3 is 9.64 Å². The maximum atomic E-state index is 12.0. The monoisotopic (exact) mass is 261 g/mol. The molecule has 0 aromatic carbocycles. The molecule has 0 N–H and O–H groups in total. The van der Waals surface area contributed by atoms with Crippen LogP contribution < -0.4 is 0 Å².